The first kappa shape index (κ1) is 16.7. The van der Waals surface area contributed by atoms with Gasteiger partial charge in [-0.15, -0.1) is 0 Å². The first-order valence-corrected chi connectivity index (χ1v) is 8.70. The Bertz CT molecular complexity index is 662. The molecule has 0 aromatic heterocycles. The fraction of sp³-hybridized carbons (Fsp3) is 0.500. The van der Waals surface area contributed by atoms with Gasteiger partial charge in [-0.3, -0.25) is 9.59 Å². The van der Waals surface area contributed by atoms with E-state index in [1.807, 2.05) is 31.2 Å². The van der Waals surface area contributed by atoms with Crippen molar-refractivity contribution >= 4 is 11.9 Å². The molecule has 0 saturated heterocycles. The lowest BCUT2D eigenvalue weighted by Gasteiger charge is -2.26. The molecule has 2 aliphatic carbocycles. The average molecular weight is 327 g/mol. The molecule has 0 heterocycles. The SMILES string of the molecule is CC(C)c1ccc([C@H](C)NC(=O)[C@H]2[C@H](C(=O)O)[C@H]3C=C[C@H]2C3)cc1. The number of benzene rings is 1. The molecule has 3 rings (SSSR count). The van der Waals surface area contributed by atoms with Crippen molar-refractivity contribution in [1.82, 2.24) is 5.32 Å². The van der Waals surface area contributed by atoms with Gasteiger partial charge < -0.3 is 10.4 Å². The zero-order chi connectivity index (χ0) is 17.4. The molecule has 1 aromatic rings. The lowest BCUT2D eigenvalue weighted by Crippen LogP contribution is -2.41. The number of carbonyl (C=O) groups excluding carboxylic acids is 1. The summed E-state index contributed by atoms with van der Waals surface area (Å²) < 4.78 is 0. The average Bonchev–Trinajstić information content (AvgIpc) is 3.15. The van der Waals surface area contributed by atoms with Crippen LogP contribution in [0.25, 0.3) is 0 Å². The van der Waals surface area contributed by atoms with Crippen LogP contribution in [0.4, 0.5) is 0 Å². The summed E-state index contributed by atoms with van der Waals surface area (Å²) in [7, 11) is 0. The molecule has 0 radical (unpaired) electrons. The van der Waals surface area contributed by atoms with Crippen LogP contribution in [0.15, 0.2) is 36.4 Å². The number of hydrogen-bond donors (Lipinski definition) is 2. The third-order valence-electron chi connectivity index (χ3n) is 5.51. The van der Waals surface area contributed by atoms with Crippen molar-refractivity contribution in [2.75, 3.05) is 0 Å². The van der Waals surface area contributed by atoms with Crippen LogP contribution in [0.3, 0.4) is 0 Å². The number of carboxylic acids is 1. The summed E-state index contributed by atoms with van der Waals surface area (Å²) in [5.74, 6) is -1.50. The zero-order valence-electron chi connectivity index (χ0n) is 14.4. The number of amides is 1. The van der Waals surface area contributed by atoms with Crippen LogP contribution in [0, 0.1) is 23.7 Å². The minimum Gasteiger partial charge on any atom is -0.481 e. The molecular formula is C20H25NO3. The van der Waals surface area contributed by atoms with Gasteiger partial charge in [-0.1, -0.05) is 50.3 Å². The Morgan fingerprint density at radius 3 is 2.08 bits per heavy atom. The van der Waals surface area contributed by atoms with E-state index in [1.165, 1.54) is 5.56 Å². The van der Waals surface area contributed by atoms with Crippen molar-refractivity contribution < 1.29 is 14.7 Å². The van der Waals surface area contributed by atoms with E-state index in [1.54, 1.807) is 0 Å². The summed E-state index contributed by atoms with van der Waals surface area (Å²) in [6.45, 7) is 6.24. The minimum absolute atomic E-state index is 0.00359. The first-order valence-electron chi connectivity index (χ1n) is 8.70. The number of rotatable bonds is 5. The van der Waals surface area contributed by atoms with Crippen LogP contribution in [0.2, 0.25) is 0 Å². The Morgan fingerprint density at radius 1 is 1.00 bits per heavy atom. The Morgan fingerprint density at radius 2 is 1.54 bits per heavy atom. The van der Waals surface area contributed by atoms with Gasteiger partial charge in [-0.25, -0.2) is 0 Å². The highest BCUT2D eigenvalue weighted by Gasteiger charge is 2.51. The van der Waals surface area contributed by atoms with Gasteiger partial charge in [0.2, 0.25) is 5.91 Å². The van der Waals surface area contributed by atoms with E-state index >= 15 is 0 Å². The maximum atomic E-state index is 12.7. The number of carbonyl (C=O) groups is 2. The van der Waals surface area contributed by atoms with Gasteiger partial charge in [0.15, 0.2) is 0 Å². The number of hydrogen-bond acceptors (Lipinski definition) is 2. The predicted octanol–water partition coefficient (Wildman–Crippen LogP) is 3.51. The summed E-state index contributed by atoms with van der Waals surface area (Å²) >= 11 is 0. The summed E-state index contributed by atoms with van der Waals surface area (Å²) in [6, 6.07) is 8.12. The molecule has 128 valence electrons. The van der Waals surface area contributed by atoms with Gasteiger partial charge in [-0.2, -0.15) is 0 Å². The van der Waals surface area contributed by atoms with Gasteiger partial charge in [0.1, 0.15) is 0 Å². The van der Waals surface area contributed by atoms with Gasteiger partial charge in [0, 0.05) is 0 Å². The molecule has 0 unspecified atom stereocenters. The summed E-state index contributed by atoms with van der Waals surface area (Å²) in [5, 5.41) is 12.5. The first-order chi connectivity index (χ1) is 11.4. The van der Waals surface area contributed by atoms with E-state index in [0.717, 1.165) is 12.0 Å². The highest BCUT2D eigenvalue weighted by atomic mass is 16.4. The Balaban J connectivity index is 1.70. The van der Waals surface area contributed by atoms with E-state index < -0.39 is 17.8 Å². The van der Waals surface area contributed by atoms with Gasteiger partial charge >= 0.3 is 5.97 Å². The number of allylic oxidation sites excluding steroid dienone is 2. The van der Waals surface area contributed by atoms with Crippen LogP contribution >= 0.6 is 0 Å². The van der Waals surface area contributed by atoms with E-state index in [-0.39, 0.29) is 23.8 Å². The molecule has 2 bridgehead atoms. The minimum atomic E-state index is -0.860. The van der Waals surface area contributed by atoms with E-state index in [2.05, 4.69) is 31.3 Å². The van der Waals surface area contributed by atoms with Crippen molar-refractivity contribution in [2.45, 2.75) is 39.2 Å². The standard InChI is InChI=1S/C20H25NO3/c1-11(2)13-4-6-14(7-5-13)12(3)21-19(22)17-15-8-9-16(10-15)18(17)20(23)24/h4-9,11-12,15-18H,10H2,1-3H3,(H,21,22)(H,23,24)/t12-,15-,16-,17+,18+/m0/s1. The molecule has 4 nitrogen and oxygen atoms in total. The summed E-state index contributed by atoms with van der Waals surface area (Å²) in [5.41, 5.74) is 2.31. The molecule has 2 N–H and O–H groups in total. The van der Waals surface area contributed by atoms with E-state index in [4.69, 9.17) is 0 Å². The van der Waals surface area contributed by atoms with Crippen LogP contribution in [0.5, 0.6) is 0 Å². The number of nitrogens with one attached hydrogen (secondary N) is 1. The van der Waals surface area contributed by atoms with Crippen molar-refractivity contribution in [3.63, 3.8) is 0 Å². The normalized spacial score (nSPS) is 29.0. The third-order valence-corrected chi connectivity index (χ3v) is 5.51. The quantitative estimate of drug-likeness (QED) is 0.813. The molecule has 24 heavy (non-hydrogen) atoms. The number of fused-ring (bicyclic) bond motifs is 2. The Hall–Kier alpha value is -2.10. The van der Waals surface area contributed by atoms with Crippen LogP contribution < -0.4 is 5.32 Å². The lowest BCUT2D eigenvalue weighted by atomic mass is 9.82. The van der Waals surface area contributed by atoms with Crippen molar-refractivity contribution in [2.24, 2.45) is 23.7 Å². The van der Waals surface area contributed by atoms with E-state index in [0.29, 0.717) is 5.92 Å². The topological polar surface area (TPSA) is 66.4 Å². The molecule has 5 atom stereocenters. The molecule has 1 amide bonds. The maximum absolute atomic E-state index is 12.7. The second-order valence-corrected chi connectivity index (χ2v) is 7.39. The largest absolute Gasteiger partial charge is 0.481 e. The summed E-state index contributed by atoms with van der Waals surface area (Å²) in [4.78, 5) is 24.3. The fourth-order valence-electron chi connectivity index (χ4n) is 4.08. The van der Waals surface area contributed by atoms with Gasteiger partial charge in [0.05, 0.1) is 17.9 Å². The van der Waals surface area contributed by atoms with Crippen molar-refractivity contribution in [3.8, 4) is 0 Å². The smallest absolute Gasteiger partial charge is 0.307 e. The fourth-order valence-corrected chi connectivity index (χ4v) is 4.08. The molecule has 1 fully saturated rings. The molecule has 0 aliphatic heterocycles. The number of aliphatic carboxylic acids is 1. The molecular weight excluding hydrogens is 302 g/mol. The Labute approximate surface area is 143 Å². The van der Waals surface area contributed by atoms with Crippen LogP contribution in [-0.4, -0.2) is 17.0 Å². The highest BCUT2D eigenvalue weighted by Crippen LogP contribution is 2.48. The Kier molecular flexibility index (Phi) is 4.48. The predicted molar refractivity (Wildman–Crippen MR) is 92.4 cm³/mol. The molecule has 1 aromatic carbocycles. The van der Waals surface area contributed by atoms with Crippen molar-refractivity contribution in [1.29, 1.82) is 0 Å². The second kappa shape index (κ2) is 6.42. The zero-order valence-corrected chi connectivity index (χ0v) is 14.4. The molecule has 0 spiro atoms. The maximum Gasteiger partial charge on any atom is 0.307 e. The van der Waals surface area contributed by atoms with Crippen LogP contribution in [-0.2, 0) is 9.59 Å². The molecule has 4 heteroatoms. The highest BCUT2D eigenvalue weighted by molar-refractivity contribution is 5.87. The third kappa shape index (κ3) is 2.97. The van der Waals surface area contributed by atoms with Gasteiger partial charge in [0.25, 0.3) is 0 Å². The van der Waals surface area contributed by atoms with Gasteiger partial charge in [-0.05, 0) is 42.2 Å². The van der Waals surface area contributed by atoms with E-state index in [9.17, 15) is 14.7 Å². The molecule has 1 saturated carbocycles. The second-order valence-electron chi connectivity index (χ2n) is 7.39. The van der Waals surface area contributed by atoms with Crippen molar-refractivity contribution in [3.05, 3.63) is 47.5 Å². The monoisotopic (exact) mass is 327 g/mol. The number of carboxylic acid groups (broad SMARTS) is 1. The lowest BCUT2D eigenvalue weighted by molar-refractivity contribution is -0.148. The van der Waals surface area contributed by atoms with Crippen LogP contribution in [0.1, 0.15) is 50.3 Å². The molecule has 2 aliphatic rings. The summed E-state index contributed by atoms with van der Waals surface area (Å²) in [6.07, 6.45) is 4.75.